The van der Waals surface area contributed by atoms with Gasteiger partial charge in [0, 0.05) is 12.6 Å². The van der Waals surface area contributed by atoms with Gasteiger partial charge in [0.25, 0.3) is 0 Å². The standard InChI is InChI=1S/C14H16Cl2N4O/c1-3-7-20-12(8-9(2)19-20)18-14(21)17-11-6-4-5-10(15)13(11)16/h4-6,8H,3,7H2,1-2H3,(H2,17,18,21). The molecule has 112 valence electrons. The van der Waals surface area contributed by atoms with Crippen LogP contribution >= 0.6 is 23.2 Å². The molecule has 0 atom stereocenters. The highest BCUT2D eigenvalue weighted by molar-refractivity contribution is 6.44. The molecule has 5 nitrogen and oxygen atoms in total. The molecule has 0 aliphatic heterocycles. The molecule has 1 aromatic carbocycles. The van der Waals surface area contributed by atoms with Gasteiger partial charge in [-0.05, 0) is 25.5 Å². The predicted octanol–water partition coefficient (Wildman–Crippen LogP) is 4.55. The molecule has 0 aliphatic rings. The molecule has 1 heterocycles. The molecule has 0 bridgehead atoms. The van der Waals surface area contributed by atoms with Gasteiger partial charge in [-0.2, -0.15) is 5.10 Å². The van der Waals surface area contributed by atoms with Crippen molar-refractivity contribution < 1.29 is 4.79 Å². The van der Waals surface area contributed by atoms with E-state index in [0.717, 1.165) is 18.7 Å². The molecule has 21 heavy (non-hydrogen) atoms. The quantitative estimate of drug-likeness (QED) is 0.865. The maximum atomic E-state index is 12.0. The molecule has 2 N–H and O–H groups in total. The summed E-state index contributed by atoms with van der Waals surface area (Å²) in [5.41, 5.74) is 1.31. The third-order valence-corrected chi connectivity index (χ3v) is 3.60. The van der Waals surface area contributed by atoms with E-state index in [9.17, 15) is 4.79 Å². The van der Waals surface area contributed by atoms with Gasteiger partial charge in [0.15, 0.2) is 0 Å². The Morgan fingerprint density at radius 1 is 1.33 bits per heavy atom. The number of nitrogens with zero attached hydrogens (tertiary/aromatic N) is 2. The molecule has 0 unspecified atom stereocenters. The lowest BCUT2D eigenvalue weighted by Gasteiger charge is -2.10. The van der Waals surface area contributed by atoms with Crippen LogP contribution in [0.4, 0.5) is 16.3 Å². The minimum absolute atomic E-state index is 0.313. The average molecular weight is 327 g/mol. The van der Waals surface area contributed by atoms with E-state index in [4.69, 9.17) is 23.2 Å². The van der Waals surface area contributed by atoms with E-state index >= 15 is 0 Å². The zero-order chi connectivity index (χ0) is 15.4. The first-order valence-corrected chi connectivity index (χ1v) is 7.33. The van der Waals surface area contributed by atoms with Crippen LogP contribution in [-0.4, -0.2) is 15.8 Å². The van der Waals surface area contributed by atoms with Crippen LogP contribution in [-0.2, 0) is 6.54 Å². The van der Waals surface area contributed by atoms with Crippen LogP contribution in [0.1, 0.15) is 19.0 Å². The Morgan fingerprint density at radius 2 is 2.10 bits per heavy atom. The number of halogens is 2. The first kappa shape index (κ1) is 15.7. The number of aryl methyl sites for hydroxylation is 2. The van der Waals surface area contributed by atoms with Crippen molar-refractivity contribution in [1.82, 2.24) is 9.78 Å². The number of anilines is 2. The normalized spacial score (nSPS) is 10.5. The maximum Gasteiger partial charge on any atom is 0.324 e. The highest BCUT2D eigenvalue weighted by Crippen LogP contribution is 2.29. The van der Waals surface area contributed by atoms with Crippen LogP contribution in [0.25, 0.3) is 0 Å². The zero-order valence-corrected chi connectivity index (χ0v) is 13.3. The van der Waals surface area contributed by atoms with Gasteiger partial charge in [0.05, 0.1) is 21.4 Å². The van der Waals surface area contributed by atoms with Crippen molar-refractivity contribution in [1.29, 1.82) is 0 Å². The molecule has 0 radical (unpaired) electrons. The van der Waals surface area contributed by atoms with E-state index in [2.05, 4.69) is 15.7 Å². The van der Waals surface area contributed by atoms with E-state index in [-0.39, 0.29) is 0 Å². The number of amides is 2. The lowest BCUT2D eigenvalue weighted by Crippen LogP contribution is -2.21. The van der Waals surface area contributed by atoms with Gasteiger partial charge in [0.1, 0.15) is 5.82 Å². The van der Waals surface area contributed by atoms with E-state index in [1.54, 1.807) is 22.9 Å². The SMILES string of the molecule is CCCn1nc(C)cc1NC(=O)Nc1cccc(Cl)c1Cl. The summed E-state index contributed by atoms with van der Waals surface area (Å²) in [6.07, 6.45) is 0.928. The van der Waals surface area contributed by atoms with Crippen LogP contribution in [0.3, 0.4) is 0 Å². The maximum absolute atomic E-state index is 12.0. The van der Waals surface area contributed by atoms with Gasteiger partial charge >= 0.3 is 6.03 Å². The summed E-state index contributed by atoms with van der Waals surface area (Å²) in [6.45, 7) is 4.66. The van der Waals surface area contributed by atoms with Gasteiger partial charge in [-0.15, -0.1) is 0 Å². The molecule has 2 aromatic rings. The first-order chi connectivity index (χ1) is 10.0. The monoisotopic (exact) mass is 326 g/mol. The van der Waals surface area contributed by atoms with Crippen LogP contribution < -0.4 is 10.6 Å². The number of hydrogen-bond acceptors (Lipinski definition) is 2. The second kappa shape index (κ2) is 6.83. The van der Waals surface area contributed by atoms with Gasteiger partial charge < -0.3 is 5.32 Å². The second-order valence-corrected chi connectivity index (χ2v) is 5.36. The van der Waals surface area contributed by atoms with Crippen molar-refractivity contribution in [2.75, 3.05) is 10.6 Å². The van der Waals surface area contributed by atoms with Crippen LogP contribution in [0.15, 0.2) is 24.3 Å². The Kier molecular flexibility index (Phi) is 5.09. The second-order valence-electron chi connectivity index (χ2n) is 4.57. The fourth-order valence-corrected chi connectivity index (χ4v) is 2.25. The average Bonchev–Trinajstić information content (AvgIpc) is 2.75. The lowest BCUT2D eigenvalue weighted by atomic mass is 10.3. The Hall–Kier alpha value is -1.72. The number of aromatic nitrogens is 2. The van der Waals surface area contributed by atoms with E-state index in [0.29, 0.717) is 21.6 Å². The van der Waals surface area contributed by atoms with E-state index in [1.165, 1.54) is 0 Å². The number of urea groups is 1. The summed E-state index contributed by atoms with van der Waals surface area (Å²) in [5, 5.41) is 10.5. The highest BCUT2D eigenvalue weighted by Gasteiger charge is 2.11. The summed E-state index contributed by atoms with van der Waals surface area (Å²) >= 11 is 11.9. The van der Waals surface area contributed by atoms with Crippen LogP contribution in [0, 0.1) is 6.92 Å². The molecule has 0 saturated carbocycles. The minimum Gasteiger partial charge on any atom is -0.306 e. The number of benzene rings is 1. The summed E-state index contributed by atoms with van der Waals surface area (Å²) in [7, 11) is 0. The Balaban J connectivity index is 2.10. The fourth-order valence-electron chi connectivity index (χ4n) is 1.90. The summed E-state index contributed by atoms with van der Waals surface area (Å²) in [6, 6.07) is 6.48. The van der Waals surface area contributed by atoms with Gasteiger partial charge in [-0.25, -0.2) is 9.48 Å². The molecule has 0 fully saturated rings. The van der Waals surface area contributed by atoms with Crippen molar-refractivity contribution >= 4 is 40.7 Å². The number of nitrogens with one attached hydrogen (secondary N) is 2. The molecule has 0 saturated heterocycles. The third kappa shape index (κ3) is 3.89. The van der Waals surface area contributed by atoms with Gasteiger partial charge in [0.2, 0.25) is 0 Å². The molecule has 0 spiro atoms. The lowest BCUT2D eigenvalue weighted by molar-refractivity contribution is 0.262. The minimum atomic E-state index is -0.392. The fraction of sp³-hybridized carbons (Fsp3) is 0.286. The summed E-state index contributed by atoms with van der Waals surface area (Å²) in [5.74, 6) is 0.644. The third-order valence-electron chi connectivity index (χ3n) is 2.78. The first-order valence-electron chi connectivity index (χ1n) is 6.57. The van der Waals surface area contributed by atoms with Crippen LogP contribution in [0.2, 0.25) is 10.0 Å². The predicted molar refractivity (Wildman–Crippen MR) is 86.4 cm³/mol. The van der Waals surface area contributed by atoms with E-state index in [1.807, 2.05) is 19.9 Å². The van der Waals surface area contributed by atoms with Crippen molar-refractivity contribution in [3.63, 3.8) is 0 Å². The topological polar surface area (TPSA) is 59.0 Å². The van der Waals surface area contributed by atoms with Crippen molar-refractivity contribution in [2.24, 2.45) is 0 Å². The number of carbonyl (C=O) groups excluding carboxylic acids is 1. The summed E-state index contributed by atoms with van der Waals surface area (Å²) in [4.78, 5) is 12.0. The van der Waals surface area contributed by atoms with Crippen molar-refractivity contribution in [2.45, 2.75) is 26.8 Å². The molecular weight excluding hydrogens is 311 g/mol. The van der Waals surface area contributed by atoms with Gasteiger partial charge in [-0.1, -0.05) is 36.2 Å². The Labute approximate surface area is 133 Å². The smallest absolute Gasteiger partial charge is 0.306 e. The zero-order valence-electron chi connectivity index (χ0n) is 11.8. The number of hydrogen-bond donors (Lipinski definition) is 2. The van der Waals surface area contributed by atoms with Gasteiger partial charge in [-0.3, -0.25) is 5.32 Å². The largest absolute Gasteiger partial charge is 0.324 e. The molecule has 0 aliphatic carbocycles. The Bertz CT molecular complexity index is 654. The molecule has 1 aromatic heterocycles. The number of carbonyl (C=O) groups is 1. The van der Waals surface area contributed by atoms with Crippen LogP contribution in [0.5, 0.6) is 0 Å². The number of rotatable bonds is 4. The molecule has 7 heteroatoms. The molecule has 2 amide bonds. The Morgan fingerprint density at radius 3 is 2.81 bits per heavy atom. The molecule has 2 rings (SSSR count). The highest BCUT2D eigenvalue weighted by atomic mass is 35.5. The summed E-state index contributed by atoms with van der Waals surface area (Å²) < 4.78 is 1.76. The molecular formula is C14H16Cl2N4O. The van der Waals surface area contributed by atoms with E-state index < -0.39 is 6.03 Å². The van der Waals surface area contributed by atoms with Crippen molar-refractivity contribution in [3.8, 4) is 0 Å². The van der Waals surface area contributed by atoms with Crippen molar-refractivity contribution in [3.05, 3.63) is 40.0 Å².